The minimum Gasteiger partial charge on any atom is -0.497 e. The number of rotatable bonds is 10. The fourth-order valence-electron chi connectivity index (χ4n) is 8.29. The number of aryl methyl sites for hydroxylation is 2. The monoisotopic (exact) mass is 708 g/mol. The second kappa shape index (κ2) is 14.2. The second-order valence-corrected chi connectivity index (χ2v) is 17.5. The normalized spacial score (nSPS) is 14.1. The average Bonchev–Trinajstić information content (AvgIpc) is 3.77. The SMILES string of the molecule is COc1ccc(P(c2ccc(OC)cc2)c2cccc3c2C2(CC3)CCc3cccc(P(c4ccc(OC)cc4)c4ccc(OC)cc4)c32)cc1. The molecule has 0 saturated carbocycles. The maximum absolute atomic E-state index is 5.59. The first kappa shape index (κ1) is 33.5. The summed E-state index contributed by atoms with van der Waals surface area (Å²) in [5, 5.41) is 8.17. The van der Waals surface area contributed by atoms with E-state index in [1.54, 1.807) is 39.6 Å². The van der Waals surface area contributed by atoms with Crippen molar-refractivity contribution in [3.63, 3.8) is 0 Å². The van der Waals surface area contributed by atoms with Gasteiger partial charge in [-0.3, -0.25) is 0 Å². The van der Waals surface area contributed by atoms with E-state index in [0.29, 0.717) is 0 Å². The van der Waals surface area contributed by atoms with Crippen LogP contribution in [0, 0.1) is 0 Å². The van der Waals surface area contributed by atoms with Gasteiger partial charge in [0.2, 0.25) is 0 Å². The topological polar surface area (TPSA) is 36.9 Å². The van der Waals surface area contributed by atoms with Crippen LogP contribution in [0.5, 0.6) is 23.0 Å². The van der Waals surface area contributed by atoms with E-state index in [1.807, 2.05) is 0 Å². The lowest BCUT2D eigenvalue weighted by atomic mass is 9.76. The van der Waals surface area contributed by atoms with E-state index in [2.05, 4.69) is 133 Å². The van der Waals surface area contributed by atoms with Crippen LogP contribution in [-0.2, 0) is 18.3 Å². The Kier molecular flexibility index (Phi) is 9.32. The summed E-state index contributed by atoms with van der Waals surface area (Å²) in [6.07, 6.45) is 4.39. The Bertz CT molecular complexity index is 1890. The van der Waals surface area contributed by atoms with Crippen LogP contribution in [0.15, 0.2) is 133 Å². The molecule has 4 nitrogen and oxygen atoms in total. The zero-order valence-electron chi connectivity index (χ0n) is 29.6. The number of benzene rings is 6. The fourth-order valence-corrected chi connectivity index (χ4v) is 13.4. The predicted octanol–water partition coefficient (Wildman–Crippen LogP) is 7.42. The first-order valence-electron chi connectivity index (χ1n) is 17.5. The van der Waals surface area contributed by atoms with Crippen molar-refractivity contribution in [1.29, 1.82) is 0 Å². The molecule has 0 radical (unpaired) electrons. The van der Waals surface area contributed by atoms with Crippen molar-refractivity contribution in [2.24, 2.45) is 0 Å². The van der Waals surface area contributed by atoms with Gasteiger partial charge in [-0.25, -0.2) is 0 Å². The molecule has 0 bridgehead atoms. The summed E-state index contributed by atoms with van der Waals surface area (Å²) in [6.45, 7) is 0. The standard InChI is InChI=1S/C45H42O4P2/c1-46-33-11-19-37(20-12-33)50(38-21-13-34(47-2)14-22-38)41-9-5-7-31-27-29-45(43(31)41)30-28-32-8-6-10-42(44(32)45)51(39-23-15-35(48-3)16-24-39)40-25-17-36(49-4)18-26-40/h5-26H,27-30H2,1-4H3. The van der Waals surface area contributed by atoms with Crippen molar-refractivity contribution in [1.82, 2.24) is 0 Å². The highest BCUT2D eigenvalue weighted by Crippen LogP contribution is 2.55. The molecule has 2 aliphatic rings. The van der Waals surface area contributed by atoms with Crippen LogP contribution in [0.25, 0.3) is 0 Å². The molecule has 0 heterocycles. The van der Waals surface area contributed by atoms with E-state index in [-0.39, 0.29) is 5.41 Å². The molecule has 0 atom stereocenters. The number of fused-ring (bicyclic) bond motifs is 4. The van der Waals surface area contributed by atoms with Gasteiger partial charge in [0.25, 0.3) is 0 Å². The molecule has 51 heavy (non-hydrogen) atoms. The molecule has 0 aromatic heterocycles. The van der Waals surface area contributed by atoms with Gasteiger partial charge in [0, 0.05) is 5.41 Å². The second-order valence-electron chi connectivity index (χ2n) is 13.2. The third-order valence-corrected chi connectivity index (χ3v) is 15.6. The van der Waals surface area contributed by atoms with Crippen LogP contribution in [0.4, 0.5) is 0 Å². The van der Waals surface area contributed by atoms with Gasteiger partial charge in [0.05, 0.1) is 28.4 Å². The summed E-state index contributed by atoms with van der Waals surface area (Å²) in [6, 6.07) is 49.1. The van der Waals surface area contributed by atoms with Crippen molar-refractivity contribution in [2.45, 2.75) is 31.1 Å². The molecule has 2 aliphatic carbocycles. The van der Waals surface area contributed by atoms with Crippen molar-refractivity contribution in [3.8, 4) is 23.0 Å². The summed E-state index contributed by atoms with van der Waals surface area (Å²) >= 11 is 0. The van der Waals surface area contributed by atoms with Crippen LogP contribution < -0.4 is 50.8 Å². The molecule has 0 amide bonds. The van der Waals surface area contributed by atoms with Gasteiger partial charge in [0.15, 0.2) is 0 Å². The van der Waals surface area contributed by atoms with Crippen LogP contribution in [0.1, 0.15) is 35.1 Å². The Hall–Kier alpha value is -4.62. The molecule has 6 heteroatoms. The fraction of sp³-hybridized carbons (Fsp3) is 0.200. The first-order valence-corrected chi connectivity index (χ1v) is 20.2. The number of hydrogen-bond acceptors (Lipinski definition) is 4. The summed E-state index contributed by atoms with van der Waals surface area (Å²) in [7, 11) is 5.19. The van der Waals surface area contributed by atoms with E-state index in [4.69, 9.17) is 18.9 Å². The minimum atomic E-state index is -0.873. The number of methoxy groups -OCH3 is 4. The van der Waals surface area contributed by atoms with Crippen LogP contribution in [-0.4, -0.2) is 28.4 Å². The highest BCUT2D eigenvalue weighted by Gasteiger charge is 2.49. The largest absolute Gasteiger partial charge is 0.497 e. The molecule has 0 saturated heterocycles. The first-order chi connectivity index (χ1) is 25.1. The molecule has 256 valence electrons. The predicted molar refractivity (Wildman–Crippen MR) is 214 cm³/mol. The highest BCUT2D eigenvalue weighted by molar-refractivity contribution is 7.80. The number of hydrogen-bond donors (Lipinski definition) is 0. The number of ether oxygens (including phenoxy) is 4. The highest BCUT2D eigenvalue weighted by atomic mass is 31.1. The van der Waals surface area contributed by atoms with Gasteiger partial charge in [-0.1, -0.05) is 84.9 Å². The quantitative estimate of drug-likeness (QED) is 0.139. The van der Waals surface area contributed by atoms with E-state index < -0.39 is 15.8 Å². The average molecular weight is 709 g/mol. The van der Waals surface area contributed by atoms with Crippen molar-refractivity contribution >= 4 is 47.7 Å². The molecule has 0 N–H and O–H groups in total. The van der Waals surface area contributed by atoms with Crippen molar-refractivity contribution < 1.29 is 18.9 Å². The van der Waals surface area contributed by atoms with E-state index in [0.717, 1.165) is 48.7 Å². The molecule has 6 aromatic rings. The van der Waals surface area contributed by atoms with Gasteiger partial charge < -0.3 is 18.9 Å². The van der Waals surface area contributed by atoms with Crippen LogP contribution >= 0.6 is 15.8 Å². The Morgan fingerprint density at radius 1 is 0.392 bits per heavy atom. The van der Waals surface area contributed by atoms with Crippen LogP contribution in [0.2, 0.25) is 0 Å². The molecule has 0 fully saturated rings. The lowest BCUT2D eigenvalue weighted by molar-refractivity contribution is 0.415. The molecule has 0 aliphatic heterocycles. The zero-order valence-corrected chi connectivity index (χ0v) is 31.3. The smallest absolute Gasteiger partial charge is 0.118 e. The van der Waals surface area contributed by atoms with Gasteiger partial charge in [-0.05, 0) is 144 Å². The minimum absolute atomic E-state index is 0.0725. The summed E-state index contributed by atoms with van der Waals surface area (Å²) in [5.41, 5.74) is 6.00. The Morgan fingerprint density at radius 2 is 0.686 bits per heavy atom. The van der Waals surface area contributed by atoms with Gasteiger partial charge >= 0.3 is 0 Å². The van der Waals surface area contributed by atoms with Gasteiger partial charge in [-0.2, -0.15) is 0 Å². The lowest BCUT2D eigenvalue weighted by Crippen LogP contribution is -2.35. The van der Waals surface area contributed by atoms with Gasteiger partial charge in [-0.15, -0.1) is 0 Å². The maximum atomic E-state index is 5.59. The summed E-state index contributed by atoms with van der Waals surface area (Å²) in [5.74, 6) is 3.49. The van der Waals surface area contributed by atoms with Crippen molar-refractivity contribution in [3.05, 3.63) is 156 Å². The Balaban J connectivity index is 1.34. The Labute approximate surface area is 303 Å². The molecule has 1 spiro atoms. The Morgan fingerprint density at radius 3 is 0.961 bits per heavy atom. The van der Waals surface area contributed by atoms with E-state index >= 15 is 0 Å². The van der Waals surface area contributed by atoms with Gasteiger partial charge in [0.1, 0.15) is 23.0 Å². The molecular weight excluding hydrogens is 666 g/mol. The van der Waals surface area contributed by atoms with Crippen molar-refractivity contribution in [2.75, 3.05) is 28.4 Å². The molecule has 0 unspecified atom stereocenters. The summed E-state index contributed by atoms with van der Waals surface area (Å²) in [4.78, 5) is 0. The maximum Gasteiger partial charge on any atom is 0.118 e. The van der Waals surface area contributed by atoms with Crippen LogP contribution in [0.3, 0.4) is 0 Å². The summed E-state index contributed by atoms with van der Waals surface area (Å²) < 4.78 is 22.4. The zero-order chi connectivity index (χ0) is 35.0. The van der Waals surface area contributed by atoms with E-state index in [1.165, 1.54) is 43.0 Å². The molecular formula is C45H42O4P2. The molecule has 6 aromatic carbocycles. The lowest BCUT2D eigenvalue weighted by Gasteiger charge is -2.35. The third-order valence-electron chi connectivity index (χ3n) is 10.7. The van der Waals surface area contributed by atoms with E-state index in [9.17, 15) is 0 Å². The third kappa shape index (κ3) is 5.99. The molecule has 8 rings (SSSR count).